The van der Waals surface area contributed by atoms with Crippen LogP contribution in [0.5, 0.6) is 0 Å². The van der Waals surface area contributed by atoms with E-state index in [1.165, 1.54) is 0 Å². The van der Waals surface area contributed by atoms with Crippen molar-refractivity contribution in [1.29, 1.82) is 5.26 Å². The van der Waals surface area contributed by atoms with Gasteiger partial charge in [-0.05, 0) is 13.3 Å². The van der Waals surface area contributed by atoms with Crippen molar-refractivity contribution in [2.24, 2.45) is 11.3 Å². The number of nitrogens with zero attached hydrogens (tertiary/aromatic N) is 2. The first-order chi connectivity index (χ1) is 6.35. The van der Waals surface area contributed by atoms with Crippen LogP contribution in [-0.2, 0) is 4.79 Å². The maximum Gasteiger partial charge on any atom is 0.227 e. The minimum Gasteiger partial charge on any atom is -0.344 e. The summed E-state index contributed by atoms with van der Waals surface area (Å²) in [4.78, 5) is 13.5. The third-order valence-corrected chi connectivity index (χ3v) is 2.58. The lowest BCUT2D eigenvalue weighted by atomic mass is 9.88. The fourth-order valence-corrected chi connectivity index (χ4v) is 1.20. The van der Waals surface area contributed by atoms with Gasteiger partial charge in [0.1, 0.15) is 0 Å². The minimum absolute atomic E-state index is 0.100. The van der Waals surface area contributed by atoms with E-state index in [9.17, 15) is 4.79 Å². The first kappa shape index (κ1) is 13.0. The molecule has 0 heterocycles. The van der Waals surface area contributed by atoms with Gasteiger partial charge in [0, 0.05) is 19.0 Å². The summed E-state index contributed by atoms with van der Waals surface area (Å²) in [5.41, 5.74) is -0.316. The van der Waals surface area contributed by atoms with Crippen LogP contribution in [0, 0.1) is 22.7 Å². The molecule has 0 radical (unpaired) electrons. The Labute approximate surface area is 86.7 Å². The van der Waals surface area contributed by atoms with E-state index < -0.39 is 0 Å². The summed E-state index contributed by atoms with van der Waals surface area (Å²) in [6.07, 6.45) is 0.817. The molecular formula is C11H20N2O. The predicted octanol–water partition coefficient (Wildman–Crippen LogP) is 2.04. The number of hydrogen-bond acceptors (Lipinski definition) is 2. The molecule has 0 saturated heterocycles. The van der Waals surface area contributed by atoms with Crippen LogP contribution in [0.4, 0.5) is 0 Å². The van der Waals surface area contributed by atoms with E-state index >= 15 is 0 Å². The van der Waals surface area contributed by atoms with Gasteiger partial charge in [-0.15, -0.1) is 0 Å². The summed E-state index contributed by atoms with van der Waals surface area (Å²) < 4.78 is 0. The molecule has 0 rings (SSSR count). The maximum atomic E-state index is 11.9. The number of nitriles is 1. The number of rotatable bonds is 4. The molecule has 14 heavy (non-hydrogen) atoms. The second-order valence-electron chi connectivity index (χ2n) is 4.45. The molecule has 1 atom stereocenters. The summed E-state index contributed by atoms with van der Waals surface area (Å²) in [5, 5.41) is 8.64. The minimum atomic E-state index is -0.316. The molecule has 0 saturated carbocycles. The molecule has 0 aliphatic heterocycles. The van der Waals surface area contributed by atoms with Crippen molar-refractivity contribution in [2.75, 3.05) is 13.6 Å². The second kappa shape index (κ2) is 4.99. The molecule has 0 bridgehead atoms. The molecule has 1 amide bonds. The summed E-state index contributed by atoms with van der Waals surface area (Å²) in [6.45, 7) is 8.20. The first-order valence-corrected chi connectivity index (χ1v) is 5.00. The standard InChI is InChI=1S/C11H20N2O/c1-6-11(3,4)10(14)13(5)8-9(2)7-12/h9H,6,8H2,1-5H3. The Kier molecular flexibility index (Phi) is 4.62. The Bertz CT molecular complexity index is 240. The van der Waals surface area contributed by atoms with Crippen molar-refractivity contribution in [2.45, 2.75) is 34.1 Å². The van der Waals surface area contributed by atoms with Crippen LogP contribution < -0.4 is 0 Å². The van der Waals surface area contributed by atoms with Crippen molar-refractivity contribution >= 4 is 5.91 Å². The van der Waals surface area contributed by atoms with Crippen LogP contribution in [0.1, 0.15) is 34.1 Å². The highest BCUT2D eigenvalue weighted by Gasteiger charge is 2.28. The van der Waals surface area contributed by atoms with E-state index in [4.69, 9.17) is 5.26 Å². The quantitative estimate of drug-likeness (QED) is 0.690. The highest BCUT2D eigenvalue weighted by atomic mass is 16.2. The summed E-state index contributed by atoms with van der Waals surface area (Å²) >= 11 is 0. The van der Waals surface area contributed by atoms with Crippen LogP contribution in [0.15, 0.2) is 0 Å². The largest absolute Gasteiger partial charge is 0.344 e. The van der Waals surface area contributed by atoms with Gasteiger partial charge in [0.25, 0.3) is 0 Å². The predicted molar refractivity (Wildman–Crippen MR) is 56.5 cm³/mol. The van der Waals surface area contributed by atoms with E-state index in [1.54, 1.807) is 11.9 Å². The van der Waals surface area contributed by atoms with Crippen LogP contribution in [0.2, 0.25) is 0 Å². The van der Waals surface area contributed by atoms with E-state index in [-0.39, 0.29) is 17.2 Å². The van der Waals surface area contributed by atoms with Gasteiger partial charge in [-0.25, -0.2) is 0 Å². The lowest BCUT2D eigenvalue weighted by Crippen LogP contribution is -2.40. The third-order valence-electron chi connectivity index (χ3n) is 2.58. The molecule has 0 aromatic rings. The third kappa shape index (κ3) is 3.37. The molecule has 1 unspecified atom stereocenters. The van der Waals surface area contributed by atoms with Gasteiger partial charge < -0.3 is 4.90 Å². The Hall–Kier alpha value is -1.04. The van der Waals surface area contributed by atoms with Gasteiger partial charge in [0.15, 0.2) is 0 Å². The van der Waals surface area contributed by atoms with E-state index in [1.807, 2.05) is 27.7 Å². The number of amides is 1. The number of carbonyl (C=O) groups is 1. The smallest absolute Gasteiger partial charge is 0.227 e. The van der Waals surface area contributed by atoms with Gasteiger partial charge in [-0.1, -0.05) is 20.8 Å². The average Bonchev–Trinajstić information content (AvgIpc) is 2.16. The van der Waals surface area contributed by atoms with Crippen LogP contribution >= 0.6 is 0 Å². The van der Waals surface area contributed by atoms with Gasteiger partial charge in [-0.2, -0.15) is 5.26 Å². The zero-order chi connectivity index (χ0) is 11.4. The molecule has 80 valence electrons. The van der Waals surface area contributed by atoms with Gasteiger partial charge >= 0.3 is 0 Å². The molecular weight excluding hydrogens is 176 g/mol. The van der Waals surface area contributed by atoms with Crippen LogP contribution in [-0.4, -0.2) is 24.4 Å². The zero-order valence-corrected chi connectivity index (χ0v) is 9.79. The van der Waals surface area contributed by atoms with Gasteiger partial charge in [0.05, 0.1) is 12.0 Å². The fraction of sp³-hybridized carbons (Fsp3) is 0.818. The Morgan fingerprint density at radius 1 is 1.57 bits per heavy atom. The maximum absolute atomic E-state index is 11.9. The molecule has 0 aliphatic carbocycles. The summed E-state index contributed by atoms with van der Waals surface area (Å²) in [7, 11) is 1.76. The molecule has 3 nitrogen and oxygen atoms in total. The number of hydrogen-bond donors (Lipinski definition) is 0. The molecule has 0 N–H and O–H groups in total. The Balaban J connectivity index is 4.34. The van der Waals surface area contributed by atoms with Crippen molar-refractivity contribution in [3.63, 3.8) is 0 Å². The molecule has 0 aliphatic rings. The SMILES string of the molecule is CCC(C)(C)C(=O)N(C)CC(C)C#N. The van der Waals surface area contributed by atoms with Gasteiger partial charge in [-0.3, -0.25) is 4.79 Å². The van der Waals surface area contributed by atoms with Crippen molar-refractivity contribution in [1.82, 2.24) is 4.90 Å². The van der Waals surface area contributed by atoms with E-state index in [0.29, 0.717) is 6.54 Å². The summed E-state index contributed by atoms with van der Waals surface area (Å²) in [5.74, 6) is 0.0127. The van der Waals surface area contributed by atoms with Crippen LogP contribution in [0.25, 0.3) is 0 Å². The van der Waals surface area contributed by atoms with E-state index in [2.05, 4.69) is 6.07 Å². The Morgan fingerprint density at radius 2 is 2.07 bits per heavy atom. The summed E-state index contributed by atoms with van der Waals surface area (Å²) in [6, 6.07) is 2.13. The van der Waals surface area contributed by atoms with Crippen molar-refractivity contribution < 1.29 is 4.79 Å². The fourth-order valence-electron chi connectivity index (χ4n) is 1.20. The highest BCUT2D eigenvalue weighted by Crippen LogP contribution is 2.22. The lowest BCUT2D eigenvalue weighted by Gasteiger charge is -2.28. The van der Waals surface area contributed by atoms with E-state index in [0.717, 1.165) is 6.42 Å². The monoisotopic (exact) mass is 196 g/mol. The molecule has 0 fully saturated rings. The topological polar surface area (TPSA) is 44.1 Å². The Morgan fingerprint density at radius 3 is 2.43 bits per heavy atom. The first-order valence-electron chi connectivity index (χ1n) is 5.00. The molecule has 3 heteroatoms. The highest BCUT2D eigenvalue weighted by molar-refractivity contribution is 5.81. The second-order valence-corrected chi connectivity index (χ2v) is 4.45. The number of carbonyl (C=O) groups excluding carboxylic acids is 1. The average molecular weight is 196 g/mol. The molecule has 0 spiro atoms. The molecule has 0 aromatic heterocycles. The van der Waals surface area contributed by atoms with Crippen molar-refractivity contribution in [3.8, 4) is 6.07 Å². The normalized spacial score (nSPS) is 13.1. The zero-order valence-electron chi connectivity index (χ0n) is 9.79. The van der Waals surface area contributed by atoms with Gasteiger partial charge in [0.2, 0.25) is 5.91 Å². The lowest BCUT2D eigenvalue weighted by molar-refractivity contribution is -0.139. The van der Waals surface area contributed by atoms with Crippen molar-refractivity contribution in [3.05, 3.63) is 0 Å². The van der Waals surface area contributed by atoms with Crippen LogP contribution in [0.3, 0.4) is 0 Å². The molecule has 0 aromatic carbocycles.